The molecule has 3 heterocycles. The fourth-order valence-electron chi connectivity index (χ4n) is 3.03. The predicted octanol–water partition coefficient (Wildman–Crippen LogP) is 1.27. The van der Waals surface area contributed by atoms with Crippen molar-refractivity contribution >= 4 is 16.2 Å². The number of halogens is 3. The van der Waals surface area contributed by atoms with Gasteiger partial charge in [-0.3, -0.25) is 4.98 Å². The molecule has 170 valence electrons. The van der Waals surface area contributed by atoms with Gasteiger partial charge in [-0.25, -0.2) is 4.79 Å². The molecule has 30 heavy (non-hydrogen) atoms. The molecule has 9 nitrogen and oxygen atoms in total. The Morgan fingerprint density at radius 2 is 2.07 bits per heavy atom. The third-order valence-electron chi connectivity index (χ3n) is 4.62. The van der Waals surface area contributed by atoms with Gasteiger partial charge in [-0.15, -0.1) is 0 Å². The van der Waals surface area contributed by atoms with Crippen LogP contribution < -0.4 is 0 Å². The van der Waals surface area contributed by atoms with E-state index in [1.165, 1.54) is 8.61 Å². The number of hydrogen-bond acceptors (Lipinski definition) is 6. The molecular formula is C17H24F3N3O6S. The maximum atomic E-state index is 12.1. The van der Waals surface area contributed by atoms with Crippen molar-refractivity contribution in [3.05, 3.63) is 30.1 Å². The fraction of sp³-hybridized carbons (Fsp3) is 0.647. The van der Waals surface area contributed by atoms with E-state index < -0.39 is 22.4 Å². The van der Waals surface area contributed by atoms with Crippen LogP contribution in [-0.2, 0) is 31.1 Å². The van der Waals surface area contributed by atoms with Gasteiger partial charge in [-0.2, -0.15) is 30.2 Å². The molecule has 0 aliphatic carbocycles. The van der Waals surface area contributed by atoms with Crippen molar-refractivity contribution in [2.75, 3.05) is 33.8 Å². The quantitative estimate of drug-likeness (QED) is 0.712. The molecule has 1 atom stereocenters. The lowest BCUT2D eigenvalue weighted by atomic mass is 9.86. The third-order valence-corrected chi connectivity index (χ3v) is 6.45. The minimum Gasteiger partial charge on any atom is -0.475 e. The van der Waals surface area contributed by atoms with Crippen LogP contribution in [0.25, 0.3) is 0 Å². The summed E-state index contributed by atoms with van der Waals surface area (Å²) in [6.07, 6.45) is 0.105. The number of pyridine rings is 1. The summed E-state index contributed by atoms with van der Waals surface area (Å²) in [7, 11) is -0.264. The molecule has 3 rings (SSSR count). The second-order valence-corrected chi connectivity index (χ2v) is 9.32. The molecule has 2 aliphatic rings. The summed E-state index contributed by atoms with van der Waals surface area (Å²) in [4.78, 5) is 13.0. The van der Waals surface area contributed by atoms with E-state index in [1.54, 1.807) is 26.5 Å². The summed E-state index contributed by atoms with van der Waals surface area (Å²) in [5.41, 5.74) is 0.652. The van der Waals surface area contributed by atoms with Crippen molar-refractivity contribution in [1.29, 1.82) is 0 Å². The molecule has 1 spiro atoms. The van der Waals surface area contributed by atoms with Gasteiger partial charge in [0.2, 0.25) is 0 Å². The average Bonchev–Trinajstić information content (AvgIpc) is 2.65. The maximum absolute atomic E-state index is 12.1. The van der Waals surface area contributed by atoms with Crippen molar-refractivity contribution in [2.45, 2.75) is 37.3 Å². The molecule has 1 N–H and O–H groups in total. The van der Waals surface area contributed by atoms with Gasteiger partial charge in [0.1, 0.15) is 0 Å². The van der Waals surface area contributed by atoms with Crippen molar-refractivity contribution in [1.82, 2.24) is 13.6 Å². The highest BCUT2D eigenvalue weighted by molar-refractivity contribution is 7.86. The van der Waals surface area contributed by atoms with Crippen LogP contribution in [0.2, 0.25) is 0 Å². The van der Waals surface area contributed by atoms with Crippen molar-refractivity contribution in [2.24, 2.45) is 0 Å². The van der Waals surface area contributed by atoms with Crippen LogP contribution >= 0.6 is 0 Å². The van der Waals surface area contributed by atoms with E-state index in [9.17, 15) is 21.6 Å². The van der Waals surface area contributed by atoms with E-state index in [0.29, 0.717) is 26.3 Å². The molecule has 13 heteroatoms. The Morgan fingerprint density at radius 3 is 2.57 bits per heavy atom. The molecule has 0 aromatic carbocycles. The topological polar surface area (TPSA) is 109 Å². The minimum absolute atomic E-state index is 0.0909. The van der Waals surface area contributed by atoms with Gasteiger partial charge in [-0.1, -0.05) is 6.07 Å². The zero-order valence-corrected chi connectivity index (χ0v) is 17.3. The van der Waals surface area contributed by atoms with E-state index >= 15 is 0 Å². The molecule has 1 aromatic rings. The van der Waals surface area contributed by atoms with E-state index in [-0.39, 0.29) is 11.7 Å². The Bertz CT molecular complexity index is 814. The zero-order chi connectivity index (χ0) is 22.6. The van der Waals surface area contributed by atoms with Gasteiger partial charge in [0.25, 0.3) is 10.2 Å². The second-order valence-electron chi connectivity index (χ2n) is 7.18. The number of nitrogens with zero attached hydrogens (tertiary/aromatic N) is 3. The number of hydrogen-bond donors (Lipinski definition) is 1. The Morgan fingerprint density at radius 1 is 1.43 bits per heavy atom. The van der Waals surface area contributed by atoms with E-state index in [1.807, 2.05) is 12.1 Å². The average molecular weight is 455 g/mol. The van der Waals surface area contributed by atoms with Gasteiger partial charge in [-0.05, 0) is 18.1 Å². The Kier molecular flexibility index (Phi) is 7.80. The van der Waals surface area contributed by atoms with Gasteiger partial charge in [0.05, 0.1) is 18.3 Å². The van der Waals surface area contributed by atoms with Gasteiger partial charge < -0.3 is 14.6 Å². The van der Waals surface area contributed by atoms with E-state index in [4.69, 9.17) is 19.4 Å². The van der Waals surface area contributed by atoms with Gasteiger partial charge >= 0.3 is 12.1 Å². The molecule has 0 radical (unpaired) electrons. The first-order chi connectivity index (χ1) is 13.9. The van der Waals surface area contributed by atoms with Crippen molar-refractivity contribution in [3.8, 4) is 0 Å². The number of alkyl halides is 3. The number of carbonyl (C=O) groups is 1. The lowest BCUT2D eigenvalue weighted by molar-refractivity contribution is -0.192. The summed E-state index contributed by atoms with van der Waals surface area (Å²) in [5, 5.41) is 7.12. The molecule has 0 saturated carbocycles. The summed E-state index contributed by atoms with van der Waals surface area (Å²) < 4.78 is 70.4. The number of ether oxygens (including phenoxy) is 2. The summed E-state index contributed by atoms with van der Waals surface area (Å²) >= 11 is 0. The molecule has 2 saturated heterocycles. The molecule has 1 aromatic heterocycles. The molecule has 2 aliphatic heterocycles. The fourth-order valence-corrected chi connectivity index (χ4v) is 4.29. The van der Waals surface area contributed by atoms with E-state index in [2.05, 4.69) is 4.98 Å². The molecule has 2 fully saturated rings. The number of aliphatic carboxylic acids is 1. The molecular weight excluding hydrogens is 431 g/mol. The van der Waals surface area contributed by atoms with Crippen LogP contribution in [0.1, 0.15) is 18.4 Å². The smallest absolute Gasteiger partial charge is 0.475 e. The van der Waals surface area contributed by atoms with Crippen LogP contribution in [0, 0.1) is 0 Å². The number of aromatic nitrogens is 1. The first kappa shape index (κ1) is 24.5. The van der Waals surface area contributed by atoms with Crippen molar-refractivity contribution < 1.29 is 41.0 Å². The zero-order valence-electron chi connectivity index (χ0n) is 16.5. The minimum atomic E-state index is -5.08. The highest BCUT2D eigenvalue weighted by atomic mass is 32.2. The largest absolute Gasteiger partial charge is 0.490 e. The SMILES string of the molecule is CN(C)S(=O)(=O)N1CC2(CC(OCc3cccnc3)CCO2)C1.O=C(O)C(F)(F)F. The standard InChI is InChI=1S/C15H23N3O4S.C2HF3O2/c1-17(2)23(19,20)18-11-15(12-18)8-14(5-7-22-15)21-10-13-4-3-6-16-9-13;3-2(4,5)1(6)7/h3-4,6,9,14H,5,7-8,10-12H2,1-2H3;(H,6,7). The first-order valence-electron chi connectivity index (χ1n) is 8.98. The lowest BCUT2D eigenvalue weighted by Gasteiger charge is -2.52. The van der Waals surface area contributed by atoms with Crippen LogP contribution in [0.5, 0.6) is 0 Å². The van der Waals surface area contributed by atoms with Gasteiger partial charge in [0.15, 0.2) is 0 Å². The van der Waals surface area contributed by atoms with Crippen LogP contribution in [0.4, 0.5) is 13.2 Å². The van der Waals surface area contributed by atoms with Crippen LogP contribution in [0.15, 0.2) is 24.5 Å². The maximum Gasteiger partial charge on any atom is 0.490 e. The van der Waals surface area contributed by atoms with E-state index in [0.717, 1.165) is 18.4 Å². The van der Waals surface area contributed by atoms with Crippen LogP contribution in [-0.4, -0.2) is 84.8 Å². The normalized spacial score (nSPS) is 21.6. The number of rotatable bonds is 5. The predicted molar refractivity (Wildman–Crippen MR) is 98.6 cm³/mol. The molecule has 1 unspecified atom stereocenters. The highest BCUT2D eigenvalue weighted by Gasteiger charge is 2.52. The lowest BCUT2D eigenvalue weighted by Crippen LogP contribution is -2.68. The Balaban J connectivity index is 0.000000396. The summed E-state index contributed by atoms with van der Waals surface area (Å²) in [5.74, 6) is -2.76. The summed E-state index contributed by atoms with van der Waals surface area (Å²) in [6, 6.07) is 3.87. The van der Waals surface area contributed by atoms with Gasteiger partial charge in [0, 0.05) is 52.6 Å². The second kappa shape index (κ2) is 9.56. The summed E-state index contributed by atoms with van der Waals surface area (Å²) in [6.45, 7) is 1.93. The first-order valence-corrected chi connectivity index (χ1v) is 10.4. The monoisotopic (exact) mass is 455 g/mol. The Hall–Kier alpha value is -1.80. The Labute approximate surface area is 172 Å². The molecule has 0 amide bonds. The van der Waals surface area contributed by atoms with Crippen molar-refractivity contribution in [3.63, 3.8) is 0 Å². The number of carboxylic acid groups (broad SMARTS) is 1. The highest BCUT2D eigenvalue weighted by Crippen LogP contribution is 2.37. The number of carboxylic acids is 1. The van der Waals surface area contributed by atoms with Crippen LogP contribution in [0.3, 0.4) is 0 Å². The molecule has 0 bridgehead atoms. The third kappa shape index (κ3) is 6.35.